The van der Waals surface area contributed by atoms with E-state index < -0.39 is 23.6 Å². The van der Waals surface area contributed by atoms with Gasteiger partial charge >= 0.3 is 11.9 Å². The Morgan fingerprint density at radius 3 is 1.90 bits per heavy atom. The highest BCUT2D eigenvalue weighted by molar-refractivity contribution is 6.04. The second-order valence-electron chi connectivity index (χ2n) is 8.60. The van der Waals surface area contributed by atoms with Crippen LogP contribution in [0.25, 0.3) is 0 Å². The molecule has 0 radical (unpaired) electrons. The lowest BCUT2D eigenvalue weighted by atomic mass is 9.88. The summed E-state index contributed by atoms with van der Waals surface area (Å²) in [6.45, 7) is 6.94. The second-order valence-corrected chi connectivity index (χ2v) is 8.60. The van der Waals surface area contributed by atoms with Crippen LogP contribution in [0, 0.1) is 0 Å². The Hall–Kier alpha value is -1.62. The van der Waals surface area contributed by atoms with Crippen molar-refractivity contribution in [3.05, 3.63) is 23.3 Å². The number of hydrogen-bond donors (Lipinski definition) is 0. The van der Waals surface area contributed by atoms with Crippen LogP contribution in [0.1, 0.15) is 97.8 Å². The first kappa shape index (κ1) is 24.6. The Balaban J connectivity index is 1.82. The molecule has 2 unspecified atom stereocenters. The molecule has 2 aliphatic heterocycles. The van der Waals surface area contributed by atoms with Gasteiger partial charge in [0.15, 0.2) is 0 Å². The molecule has 0 amide bonds. The largest absolute Gasteiger partial charge is 0.462 e. The van der Waals surface area contributed by atoms with Crippen molar-refractivity contribution in [2.75, 3.05) is 13.2 Å². The summed E-state index contributed by atoms with van der Waals surface area (Å²) >= 11 is 0. The van der Waals surface area contributed by atoms with Crippen LogP contribution >= 0.6 is 0 Å². The molecule has 2 rings (SSSR count). The summed E-state index contributed by atoms with van der Waals surface area (Å²) < 4.78 is 16.8. The third-order valence-electron chi connectivity index (χ3n) is 5.90. The Morgan fingerprint density at radius 1 is 0.833 bits per heavy atom. The monoisotopic (exact) mass is 420 g/mol. The number of rotatable bonds is 16. The number of esters is 2. The molecular formula is C25H40O5. The maximum absolute atomic E-state index is 12.8. The van der Waals surface area contributed by atoms with Gasteiger partial charge in [0.25, 0.3) is 0 Å². The molecule has 0 aromatic heterocycles. The van der Waals surface area contributed by atoms with E-state index in [0.29, 0.717) is 24.4 Å². The molecule has 0 saturated heterocycles. The van der Waals surface area contributed by atoms with Gasteiger partial charge in [-0.3, -0.25) is 0 Å². The highest BCUT2D eigenvalue weighted by Gasteiger charge is 2.51. The molecule has 2 aliphatic rings. The summed E-state index contributed by atoms with van der Waals surface area (Å²) in [5, 5.41) is 0. The molecule has 0 aromatic carbocycles. The van der Waals surface area contributed by atoms with Crippen molar-refractivity contribution in [2.45, 2.75) is 110 Å². The lowest BCUT2D eigenvalue weighted by Crippen LogP contribution is -2.30. The molecule has 0 spiro atoms. The molecule has 0 aliphatic carbocycles. The fourth-order valence-corrected chi connectivity index (χ4v) is 4.10. The summed E-state index contributed by atoms with van der Waals surface area (Å²) in [6, 6.07) is 0. The molecule has 2 atom stereocenters. The lowest BCUT2D eigenvalue weighted by molar-refractivity contribution is -0.142. The van der Waals surface area contributed by atoms with Crippen molar-refractivity contribution in [3.8, 4) is 0 Å². The highest BCUT2D eigenvalue weighted by Crippen LogP contribution is 2.43. The predicted molar refractivity (Wildman–Crippen MR) is 118 cm³/mol. The smallest absolute Gasteiger partial charge is 0.337 e. The normalized spacial score (nSPS) is 22.0. The van der Waals surface area contributed by atoms with Crippen LogP contribution in [0.2, 0.25) is 0 Å². The minimum absolute atomic E-state index is 0.314. The number of carbonyl (C=O) groups is 2. The van der Waals surface area contributed by atoms with E-state index in [4.69, 9.17) is 14.2 Å². The predicted octanol–water partition coefficient (Wildman–Crippen LogP) is 5.82. The second kappa shape index (κ2) is 12.9. The topological polar surface area (TPSA) is 61.8 Å². The SMILES string of the molecule is CCCCCCCCOC(=O)C1=C(C(=O)OCCCCCCCC)C2(C)C=CC1O2. The van der Waals surface area contributed by atoms with Crippen LogP contribution in [0.3, 0.4) is 0 Å². The van der Waals surface area contributed by atoms with Gasteiger partial charge in [0.05, 0.1) is 24.4 Å². The molecular weight excluding hydrogens is 380 g/mol. The van der Waals surface area contributed by atoms with Gasteiger partial charge in [0.1, 0.15) is 11.7 Å². The molecule has 30 heavy (non-hydrogen) atoms. The van der Waals surface area contributed by atoms with Gasteiger partial charge in [-0.05, 0) is 25.8 Å². The minimum Gasteiger partial charge on any atom is -0.462 e. The standard InChI is InChI=1S/C25H40O5/c1-4-6-8-10-12-14-18-28-23(26)21-20-16-17-25(3,30-20)22(21)24(27)29-19-15-13-11-9-7-5-2/h16-17,20H,4-15,18-19H2,1-3H3. The summed E-state index contributed by atoms with van der Waals surface area (Å²) in [5.74, 6) is -0.905. The average molecular weight is 421 g/mol. The maximum Gasteiger partial charge on any atom is 0.337 e. The molecule has 5 heteroatoms. The van der Waals surface area contributed by atoms with Crippen molar-refractivity contribution in [1.29, 1.82) is 0 Å². The van der Waals surface area contributed by atoms with Crippen molar-refractivity contribution in [1.82, 2.24) is 0 Å². The Labute approximate surface area is 182 Å². The third kappa shape index (κ3) is 6.97. The van der Waals surface area contributed by atoms with Crippen LogP contribution in [0.5, 0.6) is 0 Å². The van der Waals surface area contributed by atoms with E-state index in [0.717, 1.165) is 38.5 Å². The van der Waals surface area contributed by atoms with Crippen LogP contribution in [0.4, 0.5) is 0 Å². The van der Waals surface area contributed by atoms with Crippen molar-refractivity contribution in [3.63, 3.8) is 0 Å². The summed E-state index contributed by atoms with van der Waals surface area (Å²) in [6.07, 6.45) is 16.7. The molecule has 170 valence electrons. The summed E-state index contributed by atoms with van der Waals surface area (Å²) in [4.78, 5) is 25.5. The van der Waals surface area contributed by atoms with E-state index in [-0.39, 0.29) is 0 Å². The number of carbonyl (C=O) groups excluding carboxylic acids is 2. The quantitative estimate of drug-likeness (QED) is 0.179. The van der Waals surface area contributed by atoms with Gasteiger partial charge in [-0.15, -0.1) is 0 Å². The molecule has 0 fully saturated rings. The van der Waals surface area contributed by atoms with Crippen LogP contribution in [-0.2, 0) is 23.8 Å². The van der Waals surface area contributed by atoms with Crippen LogP contribution < -0.4 is 0 Å². The average Bonchev–Trinajstić information content (AvgIpc) is 3.26. The number of fused-ring (bicyclic) bond motifs is 2. The molecule has 0 N–H and O–H groups in total. The van der Waals surface area contributed by atoms with E-state index in [1.807, 2.05) is 12.2 Å². The number of ether oxygens (including phenoxy) is 3. The first-order valence-corrected chi connectivity index (χ1v) is 12.0. The maximum atomic E-state index is 12.8. The molecule has 0 saturated carbocycles. The lowest BCUT2D eigenvalue weighted by Gasteiger charge is -2.20. The van der Waals surface area contributed by atoms with E-state index in [2.05, 4.69) is 13.8 Å². The van der Waals surface area contributed by atoms with E-state index in [1.54, 1.807) is 6.92 Å². The zero-order chi connectivity index (χ0) is 21.8. The van der Waals surface area contributed by atoms with Gasteiger partial charge in [-0.2, -0.15) is 0 Å². The summed E-state index contributed by atoms with van der Waals surface area (Å²) in [5.41, 5.74) is -0.259. The number of unbranched alkanes of at least 4 members (excludes halogenated alkanes) is 10. The number of hydrogen-bond acceptors (Lipinski definition) is 5. The molecule has 2 bridgehead atoms. The van der Waals surface area contributed by atoms with Crippen LogP contribution in [0.15, 0.2) is 23.3 Å². The van der Waals surface area contributed by atoms with E-state index in [9.17, 15) is 9.59 Å². The highest BCUT2D eigenvalue weighted by atomic mass is 16.6. The minimum atomic E-state index is -0.891. The first-order chi connectivity index (χ1) is 14.5. The Bertz CT molecular complexity index is 621. The summed E-state index contributed by atoms with van der Waals surface area (Å²) in [7, 11) is 0. The van der Waals surface area contributed by atoms with Crippen LogP contribution in [-0.4, -0.2) is 36.9 Å². The Kier molecular flexibility index (Phi) is 10.6. The first-order valence-electron chi connectivity index (χ1n) is 12.0. The van der Waals surface area contributed by atoms with Gasteiger partial charge in [0.2, 0.25) is 0 Å². The van der Waals surface area contributed by atoms with Gasteiger partial charge < -0.3 is 14.2 Å². The van der Waals surface area contributed by atoms with Crippen molar-refractivity contribution in [2.24, 2.45) is 0 Å². The van der Waals surface area contributed by atoms with Gasteiger partial charge in [0, 0.05) is 0 Å². The van der Waals surface area contributed by atoms with E-state index in [1.165, 1.54) is 38.5 Å². The van der Waals surface area contributed by atoms with E-state index >= 15 is 0 Å². The van der Waals surface area contributed by atoms with Crippen molar-refractivity contribution < 1.29 is 23.8 Å². The zero-order valence-electron chi connectivity index (χ0n) is 19.2. The molecule has 2 heterocycles. The van der Waals surface area contributed by atoms with Gasteiger partial charge in [-0.25, -0.2) is 9.59 Å². The third-order valence-corrected chi connectivity index (χ3v) is 5.90. The molecule has 0 aromatic rings. The van der Waals surface area contributed by atoms with Crippen molar-refractivity contribution >= 4 is 11.9 Å². The fraction of sp³-hybridized carbons (Fsp3) is 0.760. The fourth-order valence-electron chi connectivity index (χ4n) is 4.10. The molecule has 5 nitrogen and oxygen atoms in total. The zero-order valence-corrected chi connectivity index (χ0v) is 19.2. The Morgan fingerprint density at radius 2 is 1.33 bits per heavy atom. The van der Waals surface area contributed by atoms with Gasteiger partial charge in [-0.1, -0.05) is 84.1 Å².